The van der Waals surface area contributed by atoms with Gasteiger partial charge in [-0.05, 0) is 38.5 Å². The molecule has 1 saturated heterocycles. The first-order valence-electron chi connectivity index (χ1n) is 8.44. The number of aryl methyl sites for hydroxylation is 1. The highest BCUT2D eigenvalue weighted by Gasteiger charge is 2.44. The number of aromatic nitrogens is 3. The molecule has 1 amide bonds. The summed E-state index contributed by atoms with van der Waals surface area (Å²) in [5, 5.41) is 3.16. The molecule has 2 fully saturated rings. The van der Waals surface area contributed by atoms with Crippen LogP contribution in [-0.2, 0) is 4.79 Å². The zero-order valence-corrected chi connectivity index (χ0v) is 13.6. The summed E-state index contributed by atoms with van der Waals surface area (Å²) in [5.41, 5.74) is 2.15. The molecular weight excluding hydrogens is 292 g/mol. The van der Waals surface area contributed by atoms with Crippen LogP contribution in [0.25, 0.3) is 5.65 Å². The number of nitrogens with zero attached hydrogens (tertiary/aromatic N) is 3. The molecule has 0 spiro atoms. The minimum Gasteiger partial charge on any atom is -0.334 e. The predicted molar refractivity (Wildman–Crippen MR) is 86.1 cm³/mol. The molecule has 2 aliphatic rings. The Hall–Kier alpha value is -2.11. The maximum Gasteiger partial charge on any atom is 0.272 e. The van der Waals surface area contributed by atoms with Gasteiger partial charge >= 0.3 is 0 Å². The van der Waals surface area contributed by atoms with Crippen molar-refractivity contribution in [1.29, 1.82) is 0 Å². The number of piperidine rings is 1. The Labute approximate surface area is 134 Å². The van der Waals surface area contributed by atoms with Gasteiger partial charge in [0.25, 0.3) is 5.56 Å². The van der Waals surface area contributed by atoms with Crippen LogP contribution in [0.4, 0.5) is 0 Å². The minimum atomic E-state index is -0.108. The third kappa shape index (κ3) is 2.46. The number of nitrogens with one attached hydrogen (secondary N) is 1. The van der Waals surface area contributed by atoms with Crippen molar-refractivity contribution in [3.8, 4) is 0 Å². The van der Waals surface area contributed by atoms with Crippen molar-refractivity contribution in [2.75, 3.05) is 6.54 Å². The largest absolute Gasteiger partial charge is 0.334 e. The number of hydrogen-bond donors (Lipinski definition) is 1. The second-order valence-corrected chi connectivity index (χ2v) is 7.00. The van der Waals surface area contributed by atoms with E-state index in [1.54, 1.807) is 0 Å². The van der Waals surface area contributed by atoms with E-state index < -0.39 is 0 Å². The molecule has 3 heterocycles. The predicted octanol–water partition coefficient (Wildman–Crippen LogP) is 2.04. The van der Waals surface area contributed by atoms with Crippen LogP contribution in [0.3, 0.4) is 0 Å². The van der Waals surface area contributed by atoms with Gasteiger partial charge in [0.1, 0.15) is 0 Å². The second kappa shape index (κ2) is 5.22. The smallest absolute Gasteiger partial charge is 0.272 e. The van der Waals surface area contributed by atoms with E-state index in [1.165, 1.54) is 10.6 Å². The lowest BCUT2D eigenvalue weighted by atomic mass is 9.98. The molecule has 1 N–H and O–H groups in total. The molecule has 2 aromatic rings. The summed E-state index contributed by atoms with van der Waals surface area (Å²) in [4.78, 5) is 31.2. The van der Waals surface area contributed by atoms with Gasteiger partial charge in [-0.1, -0.05) is 6.92 Å². The molecule has 0 bridgehead atoms. The summed E-state index contributed by atoms with van der Waals surface area (Å²) in [5.74, 6) is 0.986. The minimum absolute atomic E-state index is 0.0328. The van der Waals surface area contributed by atoms with Crippen molar-refractivity contribution in [2.24, 2.45) is 11.8 Å². The number of hydrogen-bond acceptors (Lipinski definition) is 3. The fourth-order valence-corrected chi connectivity index (χ4v) is 3.70. The normalized spacial score (nSPS) is 27.4. The first-order chi connectivity index (χ1) is 11.0. The van der Waals surface area contributed by atoms with Crippen molar-refractivity contribution in [1.82, 2.24) is 19.5 Å². The fraction of sp³-hybridized carbons (Fsp3) is 0.588. The van der Waals surface area contributed by atoms with E-state index in [9.17, 15) is 9.59 Å². The molecule has 6 heteroatoms. The Morgan fingerprint density at radius 1 is 1.35 bits per heavy atom. The summed E-state index contributed by atoms with van der Waals surface area (Å²) in [6.45, 7) is 4.76. The number of amides is 1. The molecule has 3 unspecified atom stereocenters. The highest BCUT2D eigenvalue weighted by atomic mass is 16.2. The van der Waals surface area contributed by atoms with Gasteiger partial charge in [-0.2, -0.15) is 0 Å². The SMILES string of the molecule is Cc1cc(=O)n2[nH]c(C3CCCCN3C(=O)C3CC3C)cc2n1. The number of fused-ring (bicyclic) bond motifs is 1. The van der Waals surface area contributed by atoms with Crippen molar-refractivity contribution in [3.05, 3.63) is 33.9 Å². The van der Waals surface area contributed by atoms with E-state index in [1.807, 2.05) is 17.9 Å². The topological polar surface area (TPSA) is 70.5 Å². The Kier molecular flexibility index (Phi) is 3.28. The molecule has 23 heavy (non-hydrogen) atoms. The van der Waals surface area contributed by atoms with E-state index in [0.717, 1.165) is 37.9 Å². The molecular formula is C17H22N4O2. The van der Waals surface area contributed by atoms with Crippen molar-refractivity contribution < 1.29 is 4.79 Å². The zero-order valence-electron chi connectivity index (χ0n) is 13.6. The van der Waals surface area contributed by atoms with Crippen LogP contribution >= 0.6 is 0 Å². The Morgan fingerprint density at radius 3 is 2.87 bits per heavy atom. The molecule has 4 rings (SSSR count). The summed E-state index contributed by atoms with van der Waals surface area (Å²) in [6.07, 6.45) is 4.11. The second-order valence-electron chi connectivity index (χ2n) is 7.00. The van der Waals surface area contributed by atoms with Crippen molar-refractivity contribution in [2.45, 2.75) is 45.6 Å². The van der Waals surface area contributed by atoms with Crippen LogP contribution in [0, 0.1) is 18.8 Å². The highest BCUT2D eigenvalue weighted by molar-refractivity contribution is 5.82. The van der Waals surface area contributed by atoms with Gasteiger partial charge in [0.05, 0.1) is 11.7 Å². The van der Waals surface area contributed by atoms with E-state index in [4.69, 9.17) is 0 Å². The molecule has 3 atom stereocenters. The third-order valence-corrected chi connectivity index (χ3v) is 5.17. The average molecular weight is 314 g/mol. The zero-order chi connectivity index (χ0) is 16.1. The quantitative estimate of drug-likeness (QED) is 0.922. The Bertz CT molecular complexity index is 822. The number of likely N-dealkylation sites (tertiary alicyclic amines) is 1. The van der Waals surface area contributed by atoms with Gasteiger partial charge in [-0.3, -0.25) is 14.7 Å². The monoisotopic (exact) mass is 314 g/mol. The fourth-order valence-electron chi connectivity index (χ4n) is 3.70. The first-order valence-corrected chi connectivity index (χ1v) is 8.44. The molecule has 1 saturated carbocycles. The number of carbonyl (C=O) groups is 1. The van der Waals surface area contributed by atoms with E-state index in [2.05, 4.69) is 17.0 Å². The van der Waals surface area contributed by atoms with Crippen molar-refractivity contribution in [3.63, 3.8) is 0 Å². The highest BCUT2D eigenvalue weighted by Crippen LogP contribution is 2.42. The summed E-state index contributed by atoms with van der Waals surface area (Å²) in [7, 11) is 0. The summed E-state index contributed by atoms with van der Waals surface area (Å²) in [6, 6.07) is 3.47. The molecule has 6 nitrogen and oxygen atoms in total. The molecule has 122 valence electrons. The van der Waals surface area contributed by atoms with E-state index in [-0.39, 0.29) is 23.4 Å². The van der Waals surface area contributed by atoms with Gasteiger partial charge in [0, 0.05) is 30.3 Å². The van der Waals surface area contributed by atoms with Gasteiger partial charge in [0.2, 0.25) is 5.91 Å². The number of H-pyrrole nitrogens is 1. The average Bonchev–Trinajstić information content (AvgIpc) is 3.09. The van der Waals surface area contributed by atoms with Crippen LogP contribution in [-0.4, -0.2) is 31.9 Å². The van der Waals surface area contributed by atoms with Gasteiger partial charge in [-0.25, -0.2) is 9.50 Å². The van der Waals surface area contributed by atoms with Crippen LogP contribution in [0.2, 0.25) is 0 Å². The Morgan fingerprint density at radius 2 is 2.13 bits per heavy atom. The molecule has 0 radical (unpaired) electrons. The molecule has 1 aliphatic carbocycles. The van der Waals surface area contributed by atoms with Crippen LogP contribution < -0.4 is 5.56 Å². The van der Waals surface area contributed by atoms with Crippen LogP contribution in [0.15, 0.2) is 16.9 Å². The van der Waals surface area contributed by atoms with Gasteiger partial charge < -0.3 is 4.90 Å². The van der Waals surface area contributed by atoms with E-state index in [0.29, 0.717) is 17.3 Å². The summed E-state index contributed by atoms with van der Waals surface area (Å²) < 4.78 is 1.47. The van der Waals surface area contributed by atoms with Crippen LogP contribution in [0.1, 0.15) is 50.0 Å². The maximum absolute atomic E-state index is 12.7. The molecule has 1 aliphatic heterocycles. The van der Waals surface area contributed by atoms with Gasteiger partial charge in [-0.15, -0.1) is 0 Å². The maximum atomic E-state index is 12.7. The Balaban J connectivity index is 1.70. The van der Waals surface area contributed by atoms with Gasteiger partial charge in [0.15, 0.2) is 5.65 Å². The lowest BCUT2D eigenvalue weighted by Gasteiger charge is -2.35. The standard InChI is InChI=1S/C17H22N4O2/c1-10-7-12(10)17(23)20-6-4-3-5-14(20)13-9-15-18-11(2)8-16(22)21(15)19-13/h8-10,12,14,19H,3-7H2,1-2H3. The van der Waals surface area contributed by atoms with Crippen LogP contribution in [0.5, 0.6) is 0 Å². The first kappa shape index (κ1) is 14.5. The molecule has 2 aromatic heterocycles. The number of aromatic amines is 1. The third-order valence-electron chi connectivity index (χ3n) is 5.17. The lowest BCUT2D eigenvalue weighted by molar-refractivity contribution is -0.136. The lowest BCUT2D eigenvalue weighted by Crippen LogP contribution is -2.39. The number of rotatable bonds is 2. The number of carbonyl (C=O) groups excluding carboxylic acids is 1. The molecule has 0 aromatic carbocycles. The summed E-state index contributed by atoms with van der Waals surface area (Å²) >= 11 is 0. The van der Waals surface area contributed by atoms with E-state index >= 15 is 0 Å². The van der Waals surface area contributed by atoms with Crippen molar-refractivity contribution >= 4 is 11.6 Å².